The van der Waals surface area contributed by atoms with E-state index in [1.807, 2.05) is 48.5 Å². The van der Waals surface area contributed by atoms with Crippen molar-refractivity contribution >= 4 is 16.7 Å². The fourth-order valence-electron chi connectivity index (χ4n) is 1.77. The number of para-hydroxylation sites is 1. The van der Waals surface area contributed by atoms with Crippen LogP contribution in [0.1, 0.15) is 5.56 Å². The monoisotopic (exact) mass is 220 g/mol. The molecule has 1 aromatic heterocycles. The van der Waals surface area contributed by atoms with Crippen LogP contribution in [0.4, 0.5) is 0 Å². The SMILES string of the molecule is C=C(c1cc[c]cc1)n1nnc2ccccc21. The van der Waals surface area contributed by atoms with Gasteiger partial charge in [-0.1, -0.05) is 48.2 Å². The molecule has 0 saturated carbocycles. The van der Waals surface area contributed by atoms with E-state index in [4.69, 9.17) is 0 Å². The first-order chi connectivity index (χ1) is 8.36. The summed E-state index contributed by atoms with van der Waals surface area (Å²) in [4.78, 5) is 0. The van der Waals surface area contributed by atoms with Gasteiger partial charge in [0.15, 0.2) is 0 Å². The first-order valence-electron chi connectivity index (χ1n) is 5.32. The molecule has 0 unspecified atom stereocenters. The lowest BCUT2D eigenvalue weighted by Crippen LogP contribution is -1.99. The molecule has 0 aliphatic carbocycles. The largest absolute Gasteiger partial charge is 0.213 e. The van der Waals surface area contributed by atoms with E-state index in [0.717, 1.165) is 22.3 Å². The Labute approximate surface area is 99.0 Å². The molecule has 0 fully saturated rings. The Morgan fingerprint density at radius 2 is 1.88 bits per heavy atom. The minimum absolute atomic E-state index is 0.813. The molecular formula is C14H10N3. The summed E-state index contributed by atoms with van der Waals surface area (Å²) in [6.45, 7) is 4.06. The van der Waals surface area contributed by atoms with Crippen LogP contribution in [0.25, 0.3) is 16.7 Å². The minimum atomic E-state index is 0.813. The Morgan fingerprint density at radius 3 is 2.71 bits per heavy atom. The standard InChI is InChI=1S/C14H10N3/c1-11(12-7-3-2-4-8-12)17-14-10-6-5-9-13(14)15-16-17/h3-10H,1H2. The zero-order valence-corrected chi connectivity index (χ0v) is 9.17. The van der Waals surface area contributed by atoms with Gasteiger partial charge in [0.2, 0.25) is 0 Å². The van der Waals surface area contributed by atoms with E-state index < -0.39 is 0 Å². The highest BCUT2D eigenvalue weighted by atomic mass is 15.4. The van der Waals surface area contributed by atoms with Crippen LogP contribution in [-0.2, 0) is 0 Å². The average molecular weight is 220 g/mol. The van der Waals surface area contributed by atoms with Crippen molar-refractivity contribution in [3.8, 4) is 0 Å². The van der Waals surface area contributed by atoms with Crippen LogP contribution in [0.3, 0.4) is 0 Å². The average Bonchev–Trinajstić information content (AvgIpc) is 2.83. The third kappa shape index (κ3) is 1.61. The molecule has 0 saturated heterocycles. The number of hydrogen-bond donors (Lipinski definition) is 0. The van der Waals surface area contributed by atoms with Crippen molar-refractivity contribution in [2.45, 2.75) is 0 Å². The molecule has 17 heavy (non-hydrogen) atoms. The van der Waals surface area contributed by atoms with Gasteiger partial charge in [-0.2, -0.15) is 0 Å². The fourth-order valence-corrected chi connectivity index (χ4v) is 1.77. The van der Waals surface area contributed by atoms with Gasteiger partial charge in [0.25, 0.3) is 0 Å². The van der Waals surface area contributed by atoms with E-state index in [0.29, 0.717) is 0 Å². The minimum Gasteiger partial charge on any atom is -0.213 e. The van der Waals surface area contributed by atoms with Gasteiger partial charge >= 0.3 is 0 Å². The number of nitrogens with zero attached hydrogens (tertiary/aromatic N) is 3. The summed E-state index contributed by atoms with van der Waals surface area (Å²) in [5, 5.41) is 8.24. The molecule has 0 aliphatic heterocycles. The molecule has 0 aliphatic rings. The summed E-state index contributed by atoms with van der Waals surface area (Å²) in [6, 6.07) is 18.4. The van der Waals surface area contributed by atoms with Crippen LogP contribution in [0, 0.1) is 6.07 Å². The zero-order valence-electron chi connectivity index (χ0n) is 9.17. The lowest BCUT2D eigenvalue weighted by atomic mass is 10.2. The highest BCUT2D eigenvalue weighted by Gasteiger charge is 2.07. The predicted octanol–water partition coefficient (Wildman–Crippen LogP) is 2.75. The van der Waals surface area contributed by atoms with Crippen LogP contribution in [-0.4, -0.2) is 15.0 Å². The second-order valence-electron chi connectivity index (χ2n) is 3.73. The maximum absolute atomic E-state index is 4.13. The number of fused-ring (bicyclic) bond motifs is 1. The van der Waals surface area contributed by atoms with Crippen LogP contribution in [0.15, 0.2) is 55.1 Å². The summed E-state index contributed by atoms with van der Waals surface area (Å²) in [5.74, 6) is 0. The Bertz CT molecular complexity index is 668. The van der Waals surface area contributed by atoms with Crippen molar-refractivity contribution < 1.29 is 0 Å². The molecule has 81 valence electrons. The Morgan fingerprint density at radius 1 is 1.12 bits per heavy atom. The quantitative estimate of drug-likeness (QED) is 0.664. The summed E-state index contributed by atoms with van der Waals surface area (Å²) >= 11 is 0. The van der Waals surface area contributed by atoms with Crippen molar-refractivity contribution in [1.29, 1.82) is 0 Å². The van der Waals surface area contributed by atoms with Gasteiger partial charge in [-0.05, 0) is 23.8 Å². The second-order valence-corrected chi connectivity index (χ2v) is 3.73. The zero-order chi connectivity index (χ0) is 11.7. The number of benzene rings is 2. The van der Waals surface area contributed by atoms with Gasteiger partial charge in [0.1, 0.15) is 5.52 Å². The molecule has 3 aromatic rings. The van der Waals surface area contributed by atoms with E-state index in [9.17, 15) is 0 Å². The third-order valence-electron chi connectivity index (χ3n) is 2.66. The first-order valence-corrected chi connectivity index (χ1v) is 5.32. The summed E-state index contributed by atoms with van der Waals surface area (Å²) < 4.78 is 1.75. The molecule has 3 nitrogen and oxygen atoms in total. The molecule has 3 rings (SSSR count). The molecular weight excluding hydrogens is 210 g/mol. The molecule has 1 heterocycles. The van der Waals surface area contributed by atoms with Gasteiger partial charge in [-0.3, -0.25) is 0 Å². The van der Waals surface area contributed by atoms with E-state index in [2.05, 4.69) is 23.0 Å². The fraction of sp³-hybridized carbons (Fsp3) is 0. The summed E-state index contributed by atoms with van der Waals surface area (Å²) in [5.41, 5.74) is 3.66. The van der Waals surface area contributed by atoms with E-state index in [-0.39, 0.29) is 0 Å². The van der Waals surface area contributed by atoms with E-state index in [1.165, 1.54) is 0 Å². The Hall–Kier alpha value is -2.42. The van der Waals surface area contributed by atoms with Gasteiger partial charge in [-0.15, -0.1) is 5.10 Å². The van der Waals surface area contributed by atoms with E-state index >= 15 is 0 Å². The lowest BCUT2D eigenvalue weighted by molar-refractivity contribution is 0.842. The number of rotatable bonds is 2. The molecule has 0 amide bonds. The van der Waals surface area contributed by atoms with Gasteiger partial charge in [0, 0.05) is 0 Å². The first kappa shape index (κ1) is 9.78. The molecule has 0 N–H and O–H groups in total. The Balaban J connectivity index is 2.14. The third-order valence-corrected chi connectivity index (χ3v) is 2.66. The topological polar surface area (TPSA) is 30.7 Å². The maximum atomic E-state index is 4.13. The Kier molecular flexibility index (Phi) is 2.22. The van der Waals surface area contributed by atoms with Crippen molar-refractivity contribution in [3.05, 3.63) is 66.7 Å². The predicted molar refractivity (Wildman–Crippen MR) is 67.2 cm³/mol. The second kappa shape index (κ2) is 3.87. The molecule has 0 atom stereocenters. The van der Waals surface area contributed by atoms with E-state index in [1.54, 1.807) is 4.68 Å². The number of aromatic nitrogens is 3. The number of hydrogen-bond acceptors (Lipinski definition) is 2. The van der Waals surface area contributed by atoms with Crippen LogP contribution < -0.4 is 0 Å². The van der Waals surface area contributed by atoms with Crippen molar-refractivity contribution in [1.82, 2.24) is 15.0 Å². The highest BCUT2D eigenvalue weighted by molar-refractivity contribution is 5.80. The lowest BCUT2D eigenvalue weighted by Gasteiger charge is -2.05. The normalized spacial score (nSPS) is 10.6. The molecule has 0 spiro atoms. The molecule has 2 aromatic carbocycles. The van der Waals surface area contributed by atoms with Gasteiger partial charge in [0.05, 0.1) is 11.2 Å². The molecule has 0 bridgehead atoms. The van der Waals surface area contributed by atoms with Crippen LogP contribution in [0.5, 0.6) is 0 Å². The van der Waals surface area contributed by atoms with Gasteiger partial charge in [-0.25, -0.2) is 4.68 Å². The van der Waals surface area contributed by atoms with Crippen LogP contribution >= 0.6 is 0 Å². The van der Waals surface area contributed by atoms with Crippen molar-refractivity contribution in [2.24, 2.45) is 0 Å². The summed E-state index contributed by atoms with van der Waals surface area (Å²) in [7, 11) is 0. The highest BCUT2D eigenvalue weighted by Crippen LogP contribution is 2.18. The molecule has 1 radical (unpaired) electrons. The van der Waals surface area contributed by atoms with Gasteiger partial charge < -0.3 is 0 Å². The molecule has 3 heteroatoms. The van der Waals surface area contributed by atoms with Crippen molar-refractivity contribution in [3.63, 3.8) is 0 Å². The van der Waals surface area contributed by atoms with Crippen LogP contribution in [0.2, 0.25) is 0 Å². The smallest absolute Gasteiger partial charge is 0.113 e. The van der Waals surface area contributed by atoms with Crippen molar-refractivity contribution in [2.75, 3.05) is 0 Å². The maximum Gasteiger partial charge on any atom is 0.113 e. The summed E-state index contributed by atoms with van der Waals surface area (Å²) in [6.07, 6.45) is 0.